The van der Waals surface area contributed by atoms with Crippen molar-refractivity contribution in [3.05, 3.63) is 99.0 Å². The number of carbonyl (C=O) groups is 2. The zero-order valence-corrected chi connectivity index (χ0v) is 23.3. The Morgan fingerprint density at radius 3 is 2.35 bits per heavy atom. The number of aryl methyl sites for hydroxylation is 1. The average Bonchev–Trinajstić information content (AvgIpc) is 2.89. The second kappa shape index (κ2) is 13.5. The fraction of sp³-hybridized carbons (Fsp3) is 0.333. The maximum atomic E-state index is 13.7. The lowest BCUT2D eigenvalue weighted by Gasteiger charge is -2.32. The van der Waals surface area contributed by atoms with Gasteiger partial charge in [0.1, 0.15) is 11.8 Å². The number of ether oxygens (including phenoxy) is 1. The van der Waals surface area contributed by atoms with Crippen LogP contribution in [0.5, 0.6) is 5.75 Å². The smallest absolute Gasteiger partial charge is 0.261 e. The summed E-state index contributed by atoms with van der Waals surface area (Å²) in [5.41, 5.74) is 3.77. The summed E-state index contributed by atoms with van der Waals surface area (Å²) in [7, 11) is 0. The molecule has 5 nitrogen and oxygen atoms in total. The first-order valence-electron chi connectivity index (χ1n) is 12.5. The normalized spacial score (nSPS) is 12.5. The lowest BCUT2D eigenvalue weighted by atomic mass is 10.0. The van der Waals surface area contributed by atoms with Crippen molar-refractivity contribution < 1.29 is 14.3 Å². The van der Waals surface area contributed by atoms with Crippen molar-refractivity contribution >= 4 is 35.0 Å². The summed E-state index contributed by atoms with van der Waals surface area (Å²) < 4.78 is 5.95. The lowest BCUT2D eigenvalue weighted by molar-refractivity contribution is -0.143. The zero-order valence-electron chi connectivity index (χ0n) is 21.8. The summed E-state index contributed by atoms with van der Waals surface area (Å²) in [5, 5.41) is 3.88. The van der Waals surface area contributed by atoms with Crippen LogP contribution in [-0.2, 0) is 22.6 Å². The second-order valence-corrected chi connectivity index (χ2v) is 10.1. The van der Waals surface area contributed by atoms with Gasteiger partial charge in [0.15, 0.2) is 6.61 Å². The molecule has 3 aromatic carbocycles. The minimum Gasteiger partial charge on any atom is -0.483 e. The predicted molar refractivity (Wildman–Crippen MR) is 150 cm³/mol. The van der Waals surface area contributed by atoms with Gasteiger partial charge in [-0.25, -0.2) is 0 Å². The molecule has 2 amide bonds. The highest BCUT2D eigenvalue weighted by atomic mass is 35.5. The Morgan fingerprint density at radius 1 is 0.946 bits per heavy atom. The number of benzene rings is 3. The topological polar surface area (TPSA) is 58.6 Å². The van der Waals surface area contributed by atoms with Gasteiger partial charge in [-0.2, -0.15) is 0 Å². The minimum atomic E-state index is -0.749. The summed E-state index contributed by atoms with van der Waals surface area (Å²) in [6.45, 7) is 7.89. The van der Waals surface area contributed by atoms with Crippen LogP contribution in [0.2, 0.25) is 10.0 Å². The monoisotopic (exact) mass is 540 g/mol. The molecule has 0 aromatic heterocycles. The molecule has 37 heavy (non-hydrogen) atoms. The number of nitrogens with one attached hydrogen (secondary N) is 1. The Bertz CT molecular complexity index is 1220. The number of carbonyl (C=O) groups excluding carboxylic acids is 2. The van der Waals surface area contributed by atoms with Gasteiger partial charge >= 0.3 is 0 Å². The molecule has 0 aliphatic carbocycles. The molecule has 0 heterocycles. The molecule has 3 rings (SSSR count). The van der Waals surface area contributed by atoms with E-state index in [1.807, 2.05) is 82.3 Å². The number of rotatable bonds is 11. The van der Waals surface area contributed by atoms with Crippen molar-refractivity contribution in [1.29, 1.82) is 0 Å². The number of halogens is 2. The van der Waals surface area contributed by atoms with Crippen LogP contribution >= 0.6 is 23.2 Å². The van der Waals surface area contributed by atoms with E-state index in [0.29, 0.717) is 22.2 Å². The average molecular weight is 542 g/mol. The van der Waals surface area contributed by atoms with Gasteiger partial charge in [0, 0.05) is 19.0 Å². The van der Waals surface area contributed by atoms with Gasteiger partial charge in [0.05, 0.1) is 10.0 Å². The SMILES string of the molecule is CC[C@H](C)NC(=O)[C@H](Cc1ccccc1)N(Cc1ccc(Cl)c(Cl)c1)C(=O)COc1cccc(C)c1C. The van der Waals surface area contributed by atoms with Crippen molar-refractivity contribution in [2.75, 3.05) is 6.61 Å². The van der Waals surface area contributed by atoms with Crippen molar-refractivity contribution in [2.45, 2.75) is 59.2 Å². The Hall–Kier alpha value is -3.02. The number of amides is 2. The van der Waals surface area contributed by atoms with Crippen molar-refractivity contribution in [1.82, 2.24) is 10.2 Å². The molecule has 0 saturated carbocycles. The summed E-state index contributed by atoms with van der Waals surface area (Å²) in [6, 6.07) is 19.9. The standard InChI is InChI=1S/C30H34Cl2N2O3/c1-5-21(3)33-30(36)27(17-23-11-7-6-8-12-23)34(18-24-14-15-25(31)26(32)16-24)29(35)19-37-28-13-9-10-20(2)22(28)4/h6-16,21,27H,5,17-19H2,1-4H3,(H,33,36)/t21-,27-/m0/s1. The third kappa shape index (κ3) is 7.98. The van der Waals surface area contributed by atoms with Gasteiger partial charge in [-0.1, -0.05) is 78.7 Å². The van der Waals surface area contributed by atoms with Crippen LogP contribution in [0.1, 0.15) is 42.5 Å². The Morgan fingerprint density at radius 2 is 1.68 bits per heavy atom. The molecular weight excluding hydrogens is 507 g/mol. The van der Waals surface area contributed by atoms with E-state index in [-0.39, 0.29) is 31.0 Å². The van der Waals surface area contributed by atoms with Crippen LogP contribution in [0.4, 0.5) is 0 Å². The Labute approximate surface area is 229 Å². The Balaban J connectivity index is 1.95. The fourth-order valence-corrected chi connectivity index (χ4v) is 4.25. The van der Waals surface area contributed by atoms with Crippen LogP contribution in [0.3, 0.4) is 0 Å². The first kappa shape index (κ1) is 28.5. The van der Waals surface area contributed by atoms with E-state index < -0.39 is 6.04 Å². The van der Waals surface area contributed by atoms with Gasteiger partial charge in [-0.3, -0.25) is 9.59 Å². The van der Waals surface area contributed by atoms with E-state index in [4.69, 9.17) is 27.9 Å². The third-order valence-corrected chi connectivity index (χ3v) is 7.25. The van der Waals surface area contributed by atoms with Crippen LogP contribution in [0.15, 0.2) is 66.7 Å². The van der Waals surface area contributed by atoms with E-state index >= 15 is 0 Å². The molecule has 196 valence electrons. The van der Waals surface area contributed by atoms with Crippen LogP contribution in [0, 0.1) is 13.8 Å². The van der Waals surface area contributed by atoms with Gasteiger partial charge in [0.25, 0.3) is 5.91 Å². The van der Waals surface area contributed by atoms with Crippen molar-refractivity contribution in [2.24, 2.45) is 0 Å². The minimum absolute atomic E-state index is 0.0288. The maximum absolute atomic E-state index is 13.7. The first-order chi connectivity index (χ1) is 17.7. The number of nitrogens with zero attached hydrogens (tertiary/aromatic N) is 1. The molecule has 3 aromatic rings. The van der Waals surface area contributed by atoms with Crippen molar-refractivity contribution in [3.8, 4) is 5.75 Å². The van der Waals surface area contributed by atoms with Gasteiger partial charge in [-0.05, 0) is 67.6 Å². The molecule has 0 unspecified atom stereocenters. The molecule has 0 fully saturated rings. The van der Waals surface area contributed by atoms with Crippen LogP contribution < -0.4 is 10.1 Å². The predicted octanol–water partition coefficient (Wildman–Crippen LogP) is 6.54. The van der Waals surface area contributed by atoms with Gasteiger partial charge in [0.2, 0.25) is 5.91 Å². The molecule has 0 saturated heterocycles. The second-order valence-electron chi connectivity index (χ2n) is 9.28. The first-order valence-corrected chi connectivity index (χ1v) is 13.2. The molecule has 0 spiro atoms. The van der Waals surface area contributed by atoms with Crippen LogP contribution in [0.25, 0.3) is 0 Å². The Kier molecular flexibility index (Phi) is 10.4. The maximum Gasteiger partial charge on any atom is 0.261 e. The fourth-order valence-electron chi connectivity index (χ4n) is 3.93. The highest BCUT2D eigenvalue weighted by molar-refractivity contribution is 6.42. The summed E-state index contributed by atoms with van der Waals surface area (Å²) in [4.78, 5) is 28.9. The molecule has 0 radical (unpaired) electrons. The van der Waals surface area contributed by atoms with Crippen LogP contribution in [-0.4, -0.2) is 35.4 Å². The van der Waals surface area contributed by atoms with E-state index in [2.05, 4.69) is 5.32 Å². The molecular formula is C30H34Cl2N2O3. The highest BCUT2D eigenvalue weighted by Gasteiger charge is 2.31. The summed E-state index contributed by atoms with van der Waals surface area (Å²) in [6.07, 6.45) is 1.14. The molecule has 1 N–H and O–H groups in total. The zero-order chi connectivity index (χ0) is 26.9. The van der Waals surface area contributed by atoms with Gasteiger partial charge < -0.3 is 15.0 Å². The molecule has 0 aliphatic rings. The lowest BCUT2D eigenvalue weighted by Crippen LogP contribution is -2.53. The van der Waals surface area contributed by atoms with E-state index in [1.54, 1.807) is 17.0 Å². The van der Waals surface area contributed by atoms with E-state index in [1.165, 1.54) is 0 Å². The van der Waals surface area contributed by atoms with Gasteiger partial charge in [-0.15, -0.1) is 0 Å². The largest absolute Gasteiger partial charge is 0.483 e. The van der Waals surface area contributed by atoms with E-state index in [0.717, 1.165) is 28.7 Å². The molecule has 2 atom stereocenters. The van der Waals surface area contributed by atoms with Crippen molar-refractivity contribution in [3.63, 3.8) is 0 Å². The highest BCUT2D eigenvalue weighted by Crippen LogP contribution is 2.25. The number of hydrogen-bond acceptors (Lipinski definition) is 3. The summed E-state index contributed by atoms with van der Waals surface area (Å²) in [5.74, 6) is 0.136. The quantitative estimate of drug-likeness (QED) is 0.300. The summed E-state index contributed by atoms with van der Waals surface area (Å²) >= 11 is 12.4. The van der Waals surface area contributed by atoms with E-state index in [9.17, 15) is 9.59 Å². The number of hydrogen-bond donors (Lipinski definition) is 1. The molecule has 7 heteroatoms. The molecule has 0 bridgehead atoms. The third-order valence-electron chi connectivity index (χ3n) is 6.52. The molecule has 0 aliphatic heterocycles.